The fourth-order valence-corrected chi connectivity index (χ4v) is 3.46. The molecule has 0 spiro atoms. The predicted octanol–water partition coefficient (Wildman–Crippen LogP) is 1.47. The molecule has 2 N–H and O–H groups in total. The number of sulfonamides is 1. The van der Waals surface area contributed by atoms with Crippen LogP contribution in [0.2, 0.25) is 0 Å². The highest BCUT2D eigenvalue weighted by Crippen LogP contribution is 2.22. The first-order valence-electron chi connectivity index (χ1n) is 9.34. The van der Waals surface area contributed by atoms with E-state index >= 15 is 0 Å². The summed E-state index contributed by atoms with van der Waals surface area (Å²) >= 11 is 0. The minimum absolute atomic E-state index is 0.0225. The van der Waals surface area contributed by atoms with Crippen molar-refractivity contribution >= 4 is 33.5 Å². The van der Waals surface area contributed by atoms with Gasteiger partial charge in [-0.15, -0.1) is 0 Å². The number of anilines is 1. The molecular weight excluding hydrogens is 422 g/mol. The molecule has 10 heteroatoms. The minimum Gasteiger partial charge on any atom is -0.454 e. The van der Waals surface area contributed by atoms with E-state index in [2.05, 4.69) is 10.6 Å². The molecule has 166 valence electrons. The molecule has 0 radical (unpaired) electrons. The van der Waals surface area contributed by atoms with Gasteiger partial charge >= 0.3 is 5.97 Å². The number of hydrogen-bond acceptors (Lipinski definition) is 6. The molecule has 0 fully saturated rings. The zero-order valence-corrected chi connectivity index (χ0v) is 18.6. The van der Waals surface area contributed by atoms with Gasteiger partial charge in [0.1, 0.15) is 6.54 Å². The molecule has 31 heavy (non-hydrogen) atoms. The maximum Gasteiger partial charge on any atom is 0.325 e. The van der Waals surface area contributed by atoms with Crippen LogP contribution < -0.4 is 10.6 Å². The number of rotatable bonds is 8. The molecular formula is C21H25N3O6S. The Morgan fingerprint density at radius 2 is 1.74 bits per heavy atom. The summed E-state index contributed by atoms with van der Waals surface area (Å²) < 4.78 is 30.4. The topological polar surface area (TPSA) is 122 Å². The quantitative estimate of drug-likeness (QED) is 0.591. The van der Waals surface area contributed by atoms with Gasteiger partial charge in [-0.3, -0.25) is 14.4 Å². The van der Waals surface area contributed by atoms with Crippen molar-refractivity contribution in [1.82, 2.24) is 9.62 Å². The smallest absolute Gasteiger partial charge is 0.325 e. The Hall–Kier alpha value is -3.24. The van der Waals surface area contributed by atoms with Gasteiger partial charge in [-0.1, -0.05) is 23.8 Å². The summed E-state index contributed by atoms with van der Waals surface area (Å²) in [5.74, 6) is -1.85. The van der Waals surface area contributed by atoms with E-state index in [1.54, 1.807) is 31.2 Å². The van der Waals surface area contributed by atoms with E-state index in [4.69, 9.17) is 4.74 Å². The highest BCUT2D eigenvalue weighted by molar-refractivity contribution is 7.89. The standard InChI is InChI=1S/C21H25N3O6S/c1-14-6-5-7-16(10-14)21(27)22-12-20(26)30-13-19(25)23-18-11-17(9-8-15(18)2)31(28,29)24(3)4/h5-11H,12-13H2,1-4H3,(H,22,27)(H,23,25). The SMILES string of the molecule is Cc1cccc(C(=O)NCC(=O)OCC(=O)Nc2cc(S(=O)(=O)N(C)C)ccc2C)c1. The van der Waals surface area contributed by atoms with Crippen LogP contribution >= 0.6 is 0 Å². The van der Waals surface area contributed by atoms with Crippen molar-refractivity contribution < 1.29 is 27.5 Å². The largest absolute Gasteiger partial charge is 0.454 e. The van der Waals surface area contributed by atoms with Gasteiger partial charge in [0.25, 0.3) is 11.8 Å². The van der Waals surface area contributed by atoms with Gasteiger partial charge in [0.15, 0.2) is 6.61 Å². The highest BCUT2D eigenvalue weighted by atomic mass is 32.2. The van der Waals surface area contributed by atoms with E-state index in [1.807, 2.05) is 13.0 Å². The summed E-state index contributed by atoms with van der Waals surface area (Å²) in [6.45, 7) is 2.57. The van der Waals surface area contributed by atoms with Crippen LogP contribution in [0.4, 0.5) is 5.69 Å². The number of hydrogen-bond donors (Lipinski definition) is 2. The molecule has 2 rings (SSSR count). The molecule has 9 nitrogen and oxygen atoms in total. The van der Waals surface area contributed by atoms with E-state index in [0.717, 1.165) is 9.87 Å². The van der Waals surface area contributed by atoms with E-state index in [1.165, 1.54) is 26.2 Å². The van der Waals surface area contributed by atoms with E-state index in [-0.39, 0.29) is 10.6 Å². The van der Waals surface area contributed by atoms with Crippen molar-refractivity contribution in [3.63, 3.8) is 0 Å². The van der Waals surface area contributed by atoms with Crippen molar-refractivity contribution in [2.24, 2.45) is 0 Å². The average Bonchev–Trinajstić information content (AvgIpc) is 2.71. The lowest BCUT2D eigenvalue weighted by atomic mass is 10.1. The van der Waals surface area contributed by atoms with Crippen LogP contribution in [0.5, 0.6) is 0 Å². The molecule has 0 aliphatic carbocycles. The van der Waals surface area contributed by atoms with Crippen LogP contribution in [0.25, 0.3) is 0 Å². The number of nitrogens with one attached hydrogen (secondary N) is 2. The van der Waals surface area contributed by atoms with Gasteiger partial charge in [0.2, 0.25) is 10.0 Å². The fourth-order valence-electron chi connectivity index (χ4n) is 2.53. The molecule has 2 aromatic rings. The molecule has 0 unspecified atom stereocenters. The zero-order chi connectivity index (χ0) is 23.2. The normalized spacial score (nSPS) is 11.1. The third-order valence-electron chi connectivity index (χ3n) is 4.30. The third-order valence-corrected chi connectivity index (χ3v) is 6.11. The van der Waals surface area contributed by atoms with Crippen molar-refractivity contribution in [2.45, 2.75) is 18.7 Å². The Labute approximate surface area is 181 Å². The monoisotopic (exact) mass is 447 g/mol. The van der Waals surface area contributed by atoms with Crippen molar-refractivity contribution in [2.75, 3.05) is 32.6 Å². The summed E-state index contributed by atoms with van der Waals surface area (Å²) in [5.41, 5.74) is 2.25. The maximum atomic E-state index is 12.3. The molecule has 0 saturated carbocycles. The van der Waals surface area contributed by atoms with Gasteiger partial charge in [0.05, 0.1) is 4.90 Å². The average molecular weight is 448 g/mol. The third kappa shape index (κ3) is 6.63. The van der Waals surface area contributed by atoms with E-state index in [0.29, 0.717) is 11.1 Å². The van der Waals surface area contributed by atoms with Gasteiger partial charge in [0, 0.05) is 25.3 Å². The highest BCUT2D eigenvalue weighted by Gasteiger charge is 2.19. The van der Waals surface area contributed by atoms with Gasteiger partial charge in [-0.25, -0.2) is 12.7 Å². The Kier molecular flexibility index (Phi) is 7.89. The summed E-state index contributed by atoms with van der Waals surface area (Å²) in [6, 6.07) is 11.2. The molecule has 0 aliphatic rings. The first kappa shape index (κ1) is 24.0. The number of carbonyl (C=O) groups is 3. The summed E-state index contributed by atoms with van der Waals surface area (Å²) in [7, 11) is -0.848. The first-order chi connectivity index (χ1) is 14.5. The first-order valence-corrected chi connectivity index (χ1v) is 10.8. The maximum absolute atomic E-state index is 12.3. The van der Waals surface area contributed by atoms with Crippen LogP contribution in [0.1, 0.15) is 21.5 Å². The molecule has 2 aromatic carbocycles. The second-order valence-corrected chi connectivity index (χ2v) is 9.18. The Balaban J connectivity index is 1.89. The lowest BCUT2D eigenvalue weighted by molar-refractivity contribution is -0.146. The number of benzene rings is 2. The second-order valence-electron chi connectivity index (χ2n) is 7.03. The van der Waals surface area contributed by atoms with Crippen molar-refractivity contribution in [3.8, 4) is 0 Å². The van der Waals surface area contributed by atoms with Crippen LogP contribution in [-0.2, 0) is 24.3 Å². The predicted molar refractivity (Wildman–Crippen MR) is 115 cm³/mol. The minimum atomic E-state index is -3.66. The Morgan fingerprint density at radius 3 is 2.39 bits per heavy atom. The Bertz CT molecular complexity index is 1100. The number of carbonyl (C=O) groups excluding carboxylic acids is 3. The molecule has 0 heterocycles. The number of aryl methyl sites for hydroxylation is 2. The lowest BCUT2D eigenvalue weighted by Crippen LogP contribution is -2.32. The van der Waals surface area contributed by atoms with Gasteiger partial charge < -0.3 is 15.4 Å². The van der Waals surface area contributed by atoms with Gasteiger partial charge in [-0.2, -0.15) is 0 Å². The number of esters is 1. The number of nitrogens with zero attached hydrogens (tertiary/aromatic N) is 1. The molecule has 0 aromatic heterocycles. The second kappa shape index (κ2) is 10.2. The molecule has 0 bridgehead atoms. The van der Waals surface area contributed by atoms with Crippen molar-refractivity contribution in [3.05, 3.63) is 59.2 Å². The van der Waals surface area contributed by atoms with Crippen LogP contribution in [0, 0.1) is 13.8 Å². The van der Waals surface area contributed by atoms with Crippen LogP contribution in [0.3, 0.4) is 0 Å². The molecule has 0 saturated heterocycles. The lowest BCUT2D eigenvalue weighted by Gasteiger charge is -2.14. The van der Waals surface area contributed by atoms with Gasteiger partial charge in [-0.05, 0) is 43.7 Å². The van der Waals surface area contributed by atoms with Crippen LogP contribution in [-0.4, -0.2) is 57.8 Å². The van der Waals surface area contributed by atoms with E-state index < -0.39 is 41.0 Å². The zero-order valence-electron chi connectivity index (χ0n) is 17.8. The van der Waals surface area contributed by atoms with Crippen LogP contribution in [0.15, 0.2) is 47.4 Å². The van der Waals surface area contributed by atoms with Crippen molar-refractivity contribution in [1.29, 1.82) is 0 Å². The van der Waals surface area contributed by atoms with E-state index in [9.17, 15) is 22.8 Å². The Morgan fingerprint density at radius 1 is 1.03 bits per heavy atom. The summed E-state index contributed by atoms with van der Waals surface area (Å²) in [5, 5.41) is 4.95. The molecule has 2 amide bonds. The number of amides is 2. The summed E-state index contributed by atoms with van der Waals surface area (Å²) in [4.78, 5) is 36.0. The molecule has 0 atom stereocenters. The summed E-state index contributed by atoms with van der Waals surface area (Å²) in [6.07, 6.45) is 0. The molecule has 0 aliphatic heterocycles. The number of ether oxygens (including phenoxy) is 1. The fraction of sp³-hybridized carbons (Fsp3) is 0.286.